The van der Waals surface area contributed by atoms with Crippen LogP contribution < -0.4 is 10.6 Å². The van der Waals surface area contributed by atoms with Crippen molar-refractivity contribution in [3.63, 3.8) is 0 Å². The molecule has 46 heavy (non-hydrogen) atoms. The smallest absolute Gasteiger partial charge is 0.307 e. The molecule has 2 N–H and O–H groups in total. The number of nitrogens with one attached hydrogen (secondary N) is 2. The van der Waals surface area contributed by atoms with E-state index in [4.69, 9.17) is 9.47 Å². The van der Waals surface area contributed by atoms with Crippen LogP contribution in [0.3, 0.4) is 0 Å². The number of amides is 2. The number of hydrogen-bond donors (Lipinski definition) is 2. The number of carbonyl (C=O) groups excluding carboxylic acids is 3. The zero-order valence-electron chi connectivity index (χ0n) is 28.8. The fraction of sp³-hybridized carbons (Fsp3) is 0.462. The van der Waals surface area contributed by atoms with Gasteiger partial charge in [0.25, 0.3) is 0 Å². The number of aryl methyl sites for hydroxylation is 2. The van der Waals surface area contributed by atoms with Gasteiger partial charge in [0.05, 0.1) is 19.1 Å². The van der Waals surface area contributed by atoms with Crippen LogP contribution in [0.1, 0.15) is 83.5 Å². The molecule has 0 saturated carbocycles. The molecule has 7 nitrogen and oxygen atoms in total. The maximum Gasteiger partial charge on any atom is 0.307 e. The number of esters is 1. The predicted octanol–water partition coefficient (Wildman–Crippen LogP) is 7.37. The predicted molar refractivity (Wildman–Crippen MR) is 184 cm³/mol. The van der Waals surface area contributed by atoms with E-state index in [9.17, 15) is 14.4 Å². The zero-order chi connectivity index (χ0) is 33.9. The van der Waals surface area contributed by atoms with Crippen LogP contribution in [-0.2, 0) is 30.3 Å². The molecule has 0 aromatic heterocycles. The third-order valence-corrected chi connectivity index (χ3v) is 7.86. The molecule has 0 aliphatic heterocycles. The molecule has 3 aromatic carbocycles. The van der Waals surface area contributed by atoms with Crippen molar-refractivity contribution in [2.75, 3.05) is 13.7 Å². The lowest BCUT2D eigenvalue weighted by atomic mass is 9.85. The molecule has 3 rings (SSSR count). The maximum atomic E-state index is 13.9. The molecule has 0 spiro atoms. The lowest BCUT2D eigenvalue weighted by molar-refractivity contribution is -0.157. The molecule has 2 amide bonds. The highest BCUT2D eigenvalue weighted by Crippen LogP contribution is 2.27. The topological polar surface area (TPSA) is 93.7 Å². The summed E-state index contributed by atoms with van der Waals surface area (Å²) in [5, 5.41) is 6.08. The first-order chi connectivity index (χ1) is 21.7. The standard InChI is InChI=1S/C39H52N2O5/c1-27-24-28(22-23-32(27)29-17-11-9-12-18-29)16-15-21-31(25-34(42)46-39(5,6)7)36(43)41-35(38(2,3)4)37(44)40-33(26-45-8)30-19-13-10-14-20-30/h9-14,17-20,22-24,31,33,35H,15-16,21,25-26H2,1-8H3,(H,40,44)(H,41,43)/t31-,33-,35-/m1/s1. The fourth-order valence-corrected chi connectivity index (χ4v) is 5.55. The van der Waals surface area contributed by atoms with E-state index in [-0.39, 0.29) is 30.9 Å². The Morgan fingerprint density at radius 2 is 1.43 bits per heavy atom. The fourth-order valence-electron chi connectivity index (χ4n) is 5.55. The average Bonchev–Trinajstić information content (AvgIpc) is 2.98. The van der Waals surface area contributed by atoms with Gasteiger partial charge in [0.2, 0.25) is 11.8 Å². The second-order valence-corrected chi connectivity index (χ2v) is 14.1. The maximum absolute atomic E-state index is 13.9. The molecule has 3 atom stereocenters. The van der Waals surface area contributed by atoms with Crippen molar-refractivity contribution < 1.29 is 23.9 Å². The largest absolute Gasteiger partial charge is 0.460 e. The van der Waals surface area contributed by atoms with Gasteiger partial charge in [-0.2, -0.15) is 0 Å². The average molecular weight is 629 g/mol. The Morgan fingerprint density at radius 3 is 2.00 bits per heavy atom. The first kappa shape index (κ1) is 36.5. The van der Waals surface area contributed by atoms with E-state index in [0.29, 0.717) is 12.8 Å². The number of methoxy groups -OCH3 is 1. The molecule has 0 saturated heterocycles. The third kappa shape index (κ3) is 11.4. The van der Waals surface area contributed by atoms with Crippen LogP contribution in [0.2, 0.25) is 0 Å². The Labute approximate surface area is 275 Å². The van der Waals surface area contributed by atoms with E-state index in [2.05, 4.69) is 47.9 Å². The van der Waals surface area contributed by atoms with Crippen LogP contribution in [0, 0.1) is 18.3 Å². The normalized spacial score (nSPS) is 13.7. The van der Waals surface area contributed by atoms with Crippen molar-refractivity contribution in [2.24, 2.45) is 11.3 Å². The summed E-state index contributed by atoms with van der Waals surface area (Å²) < 4.78 is 11.0. The summed E-state index contributed by atoms with van der Waals surface area (Å²) in [5.74, 6) is -1.73. The second kappa shape index (κ2) is 16.5. The van der Waals surface area contributed by atoms with Crippen LogP contribution in [-0.4, -0.2) is 43.1 Å². The summed E-state index contributed by atoms with van der Waals surface area (Å²) in [6, 6.07) is 25.1. The summed E-state index contributed by atoms with van der Waals surface area (Å²) in [4.78, 5) is 40.5. The van der Waals surface area contributed by atoms with Gasteiger partial charge in [0.15, 0.2) is 0 Å². The van der Waals surface area contributed by atoms with Gasteiger partial charge in [-0.05, 0) is 80.2 Å². The molecule has 7 heteroatoms. The van der Waals surface area contributed by atoms with Gasteiger partial charge in [0, 0.05) is 13.0 Å². The SMILES string of the molecule is COC[C@@H](NC(=O)[C@@H](NC(=O)[C@H](CCCc1ccc(-c2ccccc2)c(C)c1)CC(=O)OC(C)(C)C)C(C)(C)C)c1ccccc1. The lowest BCUT2D eigenvalue weighted by Crippen LogP contribution is -2.55. The molecular weight excluding hydrogens is 576 g/mol. The third-order valence-electron chi connectivity index (χ3n) is 7.86. The highest BCUT2D eigenvalue weighted by molar-refractivity contribution is 5.90. The molecule has 0 unspecified atom stereocenters. The van der Waals surface area contributed by atoms with Crippen molar-refractivity contribution in [1.29, 1.82) is 0 Å². The summed E-state index contributed by atoms with van der Waals surface area (Å²) in [7, 11) is 1.59. The van der Waals surface area contributed by atoms with Crippen LogP contribution in [0.15, 0.2) is 78.9 Å². The van der Waals surface area contributed by atoms with Gasteiger partial charge < -0.3 is 20.1 Å². The van der Waals surface area contributed by atoms with Gasteiger partial charge in [-0.15, -0.1) is 0 Å². The number of benzene rings is 3. The number of hydrogen-bond acceptors (Lipinski definition) is 5. The van der Waals surface area contributed by atoms with Crippen molar-refractivity contribution >= 4 is 17.8 Å². The first-order valence-corrected chi connectivity index (χ1v) is 16.2. The van der Waals surface area contributed by atoms with E-state index in [0.717, 1.165) is 12.0 Å². The molecule has 248 valence electrons. The quantitative estimate of drug-likeness (QED) is 0.182. The van der Waals surface area contributed by atoms with E-state index in [1.165, 1.54) is 22.3 Å². The number of carbonyl (C=O) groups is 3. The molecule has 0 bridgehead atoms. The Bertz CT molecular complexity index is 1420. The minimum Gasteiger partial charge on any atom is -0.460 e. The van der Waals surface area contributed by atoms with Crippen LogP contribution >= 0.6 is 0 Å². The molecular formula is C39H52N2O5. The Kier molecular flexibility index (Phi) is 13.1. The van der Waals surface area contributed by atoms with E-state index in [1.54, 1.807) is 7.11 Å². The van der Waals surface area contributed by atoms with Gasteiger partial charge >= 0.3 is 5.97 Å². The van der Waals surface area contributed by atoms with Crippen molar-refractivity contribution in [3.05, 3.63) is 95.6 Å². The summed E-state index contributed by atoms with van der Waals surface area (Å²) in [6.07, 6.45) is 1.86. The van der Waals surface area contributed by atoms with E-state index < -0.39 is 28.9 Å². The van der Waals surface area contributed by atoms with Gasteiger partial charge in [-0.25, -0.2) is 0 Å². The number of ether oxygens (including phenoxy) is 2. The minimum absolute atomic E-state index is 0.0656. The minimum atomic E-state index is -0.836. The number of rotatable bonds is 14. The molecule has 0 radical (unpaired) electrons. The molecule has 0 aliphatic carbocycles. The summed E-state index contributed by atoms with van der Waals surface area (Å²) >= 11 is 0. The van der Waals surface area contributed by atoms with Crippen LogP contribution in [0.5, 0.6) is 0 Å². The second-order valence-electron chi connectivity index (χ2n) is 14.1. The van der Waals surface area contributed by atoms with Gasteiger partial charge in [-0.1, -0.05) is 99.6 Å². The Hall–Kier alpha value is -3.97. The Balaban J connectivity index is 1.75. The molecule has 3 aromatic rings. The molecule has 0 fully saturated rings. The summed E-state index contributed by atoms with van der Waals surface area (Å²) in [6.45, 7) is 13.6. The van der Waals surface area contributed by atoms with Crippen molar-refractivity contribution in [3.8, 4) is 11.1 Å². The highest BCUT2D eigenvalue weighted by Gasteiger charge is 2.36. The summed E-state index contributed by atoms with van der Waals surface area (Å²) in [5.41, 5.74) is 4.37. The highest BCUT2D eigenvalue weighted by atomic mass is 16.6. The van der Waals surface area contributed by atoms with Crippen LogP contribution in [0.25, 0.3) is 11.1 Å². The van der Waals surface area contributed by atoms with Crippen molar-refractivity contribution in [1.82, 2.24) is 10.6 Å². The van der Waals surface area contributed by atoms with E-state index >= 15 is 0 Å². The molecule has 0 heterocycles. The molecule has 0 aliphatic rings. The van der Waals surface area contributed by atoms with Crippen LogP contribution in [0.4, 0.5) is 0 Å². The first-order valence-electron chi connectivity index (χ1n) is 16.2. The van der Waals surface area contributed by atoms with Gasteiger partial charge in [0.1, 0.15) is 11.6 Å². The van der Waals surface area contributed by atoms with Crippen molar-refractivity contribution in [2.45, 2.75) is 91.8 Å². The lowest BCUT2D eigenvalue weighted by Gasteiger charge is -2.33. The van der Waals surface area contributed by atoms with Gasteiger partial charge in [-0.3, -0.25) is 14.4 Å². The van der Waals surface area contributed by atoms with E-state index in [1.807, 2.05) is 90.1 Å². The monoisotopic (exact) mass is 628 g/mol. The zero-order valence-corrected chi connectivity index (χ0v) is 28.8. The Morgan fingerprint density at radius 1 is 0.804 bits per heavy atom.